The Morgan fingerprint density at radius 1 is 1.37 bits per heavy atom. The molecule has 5 N–H and O–H groups in total. The molecule has 0 bridgehead atoms. The van der Waals surface area contributed by atoms with Gasteiger partial charge in [0.05, 0.1) is 17.4 Å². The van der Waals surface area contributed by atoms with Crippen molar-refractivity contribution in [1.82, 2.24) is 0 Å². The fraction of sp³-hybridized carbons (Fsp3) is 0.333. The van der Waals surface area contributed by atoms with E-state index in [2.05, 4.69) is 0 Å². The third-order valence-corrected chi connectivity index (χ3v) is 3.43. The van der Waals surface area contributed by atoms with Gasteiger partial charge < -0.3 is 21.1 Å². The molecule has 0 aromatic heterocycles. The number of carboxylic acids is 1. The van der Waals surface area contributed by atoms with Crippen molar-refractivity contribution in [3.63, 3.8) is 0 Å². The fourth-order valence-corrected chi connectivity index (χ4v) is 2.12. The number of carboxylic acid groups (broad SMARTS) is 1. The van der Waals surface area contributed by atoms with Gasteiger partial charge in [-0.15, -0.1) is 0 Å². The molecular weight excluding hydrogens is 270 g/mol. The second-order valence-corrected chi connectivity index (χ2v) is 5.13. The van der Waals surface area contributed by atoms with Crippen molar-refractivity contribution in [2.75, 3.05) is 11.5 Å². The molecule has 2 unspecified atom stereocenters. The lowest BCUT2D eigenvalue weighted by atomic mass is 10.00. The van der Waals surface area contributed by atoms with Gasteiger partial charge in [-0.2, -0.15) is 0 Å². The molecule has 7 heteroatoms. The summed E-state index contributed by atoms with van der Waals surface area (Å²) < 4.78 is 0. The van der Waals surface area contributed by atoms with Crippen LogP contribution in [-0.2, 0) is 4.79 Å². The molecule has 6 nitrogen and oxygen atoms in total. The van der Waals surface area contributed by atoms with Gasteiger partial charge in [0, 0.05) is 18.2 Å². The van der Waals surface area contributed by atoms with Crippen LogP contribution < -0.4 is 5.73 Å². The molecule has 104 valence electrons. The average molecular weight is 285 g/mol. The Kier molecular flexibility index (Phi) is 5.34. The number of anilines is 1. The highest BCUT2D eigenvalue weighted by Gasteiger charge is 2.23. The Morgan fingerprint density at radius 3 is 2.53 bits per heavy atom. The van der Waals surface area contributed by atoms with E-state index in [0.717, 1.165) is 11.8 Å². The van der Waals surface area contributed by atoms with Crippen LogP contribution in [0.15, 0.2) is 18.2 Å². The molecule has 2 atom stereocenters. The zero-order valence-electron chi connectivity index (χ0n) is 10.2. The maximum absolute atomic E-state index is 10.9. The molecule has 0 aliphatic heterocycles. The highest BCUT2D eigenvalue weighted by Crippen LogP contribution is 2.27. The molecule has 0 radical (unpaired) electrons. The van der Waals surface area contributed by atoms with Gasteiger partial charge in [0.1, 0.15) is 6.10 Å². The quantitative estimate of drug-likeness (QED) is 0.586. The average Bonchev–Trinajstić information content (AvgIpc) is 2.34. The molecular formula is C12H15NO5S. The number of thioether (sulfide) groups is 1. The summed E-state index contributed by atoms with van der Waals surface area (Å²) in [4.78, 5) is 21.7. The maximum atomic E-state index is 10.9. The molecule has 0 aliphatic rings. The summed E-state index contributed by atoms with van der Waals surface area (Å²) in [6.45, 7) is 1.35. The van der Waals surface area contributed by atoms with Crippen molar-refractivity contribution in [2.45, 2.75) is 19.1 Å². The van der Waals surface area contributed by atoms with E-state index in [0.29, 0.717) is 0 Å². The number of aliphatic hydroxyl groups is 2. The lowest BCUT2D eigenvalue weighted by Crippen LogP contribution is -2.23. The van der Waals surface area contributed by atoms with Gasteiger partial charge in [0.25, 0.3) is 0 Å². The molecule has 0 fully saturated rings. The first-order chi connectivity index (χ1) is 8.84. The molecule has 0 saturated heterocycles. The molecule has 1 rings (SSSR count). The Labute approximate surface area is 114 Å². The second-order valence-electron chi connectivity index (χ2n) is 3.93. The predicted octanol–water partition coefficient (Wildman–Crippen LogP) is 0.641. The van der Waals surface area contributed by atoms with Gasteiger partial charge in [-0.05, 0) is 6.07 Å². The monoisotopic (exact) mass is 285 g/mol. The summed E-state index contributed by atoms with van der Waals surface area (Å²) in [5, 5.41) is 28.4. The number of nitrogens with two attached hydrogens (primary N) is 1. The van der Waals surface area contributed by atoms with Crippen LogP contribution in [-0.4, -0.2) is 38.3 Å². The smallest absolute Gasteiger partial charge is 0.337 e. The van der Waals surface area contributed by atoms with Gasteiger partial charge in [-0.1, -0.05) is 23.9 Å². The SMILES string of the molecule is CC(=O)SCC(O)C(O)c1cccc(C(=O)O)c1N. The molecule has 1 aromatic rings. The van der Waals surface area contributed by atoms with Crippen LogP contribution >= 0.6 is 11.8 Å². The van der Waals surface area contributed by atoms with Crippen LogP contribution in [0.2, 0.25) is 0 Å². The number of para-hydroxylation sites is 1. The van der Waals surface area contributed by atoms with E-state index in [1.165, 1.54) is 25.1 Å². The summed E-state index contributed by atoms with van der Waals surface area (Å²) in [7, 11) is 0. The summed E-state index contributed by atoms with van der Waals surface area (Å²) >= 11 is 0.873. The minimum atomic E-state index is -1.34. The minimum absolute atomic E-state index is 0.00718. The third kappa shape index (κ3) is 3.95. The summed E-state index contributed by atoms with van der Waals surface area (Å²) in [5.41, 5.74) is 5.56. The first-order valence-corrected chi connectivity index (χ1v) is 6.44. The Hall–Kier alpha value is -1.57. The number of carbonyl (C=O) groups excluding carboxylic acids is 1. The van der Waals surface area contributed by atoms with Gasteiger partial charge in [-0.25, -0.2) is 4.79 Å². The maximum Gasteiger partial charge on any atom is 0.337 e. The second kappa shape index (κ2) is 6.55. The number of aromatic carboxylic acids is 1. The van der Waals surface area contributed by atoms with E-state index in [1.807, 2.05) is 0 Å². The number of rotatable bonds is 5. The van der Waals surface area contributed by atoms with E-state index in [9.17, 15) is 19.8 Å². The van der Waals surface area contributed by atoms with Crippen LogP contribution in [0, 0.1) is 0 Å². The van der Waals surface area contributed by atoms with Crippen LogP contribution in [0.1, 0.15) is 28.9 Å². The predicted molar refractivity (Wildman–Crippen MR) is 71.9 cm³/mol. The van der Waals surface area contributed by atoms with Crippen LogP contribution in [0.25, 0.3) is 0 Å². The third-order valence-electron chi connectivity index (χ3n) is 2.51. The summed E-state index contributed by atoms with van der Waals surface area (Å²) in [6.07, 6.45) is -2.55. The number of benzene rings is 1. The lowest BCUT2D eigenvalue weighted by molar-refractivity contribution is -0.109. The van der Waals surface area contributed by atoms with Gasteiger partial charge in [0.15, 0.2) is 5.12 Å². The summed E-state index contributed by atoms with van der Waals surface area (Å²) in [5.74, 6) is -1.20. The Bertz CT molecular complexity index is 491. The first-order valence-electron chi connectivity index (χ1n) is 5.45. The van der Waals surface area contributed by atoms with Crippen molar-refractivity contribution < 1.29 is 24.9 Å². The van der Waals surface area contributed by atoms with Crippen LogP contribution in [0.5, 0.6) is 0 Å². The van der Waals surface area contributed by atoms with Crippen molar-refractivity contribution in [3.05, 3.63) is 29.3 Å². The van der Waals surface area contributed by atoms with E-state index in [4.69, 9.17) is 10.8 Å². The Morgan fingerprint density at radius 2 is 2.00 bits per heavy atom. The van der Waals surface area contributed by atoms with E-state index < -0.39 is 18.2 Å². The minimum Gasteiger partial charge on any atom is -0.478 e. The molecule has 0 heterocycles. The standard InChI is InChI=1S/C12H15NO5S/c1-6(14)19-5-9(15)11(16)7-3-2-4-8(10(7)13)12(17)18/h2-4,9,11,15-16H,5,13H2,1H3,(H,17,18). The lowest BCUT2D eigenvalue weighted by Gasteiger charge is -2.19. The summed E-state index contributed by atoms with van der Waals surface area (Å²) in [6, 6.07) is 4.18. The fourth-order valence-electron chi connectivity index (χ4n) is 1.53. The zero-order chi connectivity index (χ0) is 14.6. The number of hydrogen-bond acceptors (Lipinski definition) is 6. The van der Waals surface area contributed by atoms with Crippen LogP contribution in [0.4, 0.5) is 5.69 Å². The van der Waals surface area contributed by atoms with E-state index >= 15 is 0 Å². The van der Waals surface area contributed by atoms with Crippen molar-refractivity contribution >= 4 is 28.5 Å². The zero-order valence-corrected chi connectivity index (χ0v) is 11.1. The molecule has 0 spiro atoms. The van der Waals surface area contributed by atoms with E-state index in [1.54, 1.807) is 0 Å². The molecule has 1 aromatic carbocycles. The Balaban J connectivity index is 2.93. The number of hydrogen-bond donors (Lipinski definition) is 4. The highest BCUT2D eigenvalue weighted by atomic mass is 32.2. The molecule has 0 saturated carbocycles. The number of carbonyl (C=O) groups is 2. The number of nitrogen functional groups attached to an aromatic ring is 1. The van der Waals surface area contributed by atoms with Crippen molar-refractivity contribution in [3.8, 4) is 0 Å². The molecule has 0 amide bonds. The largest absolute Gasteiger partial charge is 0.478 e. The van der Waals surface area contributed by atoms with Gasteiger partial charge in [-0.3, -0.25) is 4.79 Å². The van der Waals surface area contributed by atoms with Crippen molar-refractivity contribution in [1.29, 1.82) is 0 Å². The van der Waals surface area contributed by atoms with E-state index in [-0.39, 0.29) is 27.7 Å². The topological polar surface area (TPSA) is 121 Å². The van der Waals surface area contributed by atoms with Crippen LogP contribution in [0.3, 0.4) is 0 Å². The van der Waals surface area contributed by atoms with Crippen molar-refractivity contribution in [2.24, 2.45) is 0 Å². The normalized spacial score (nSPS) is 13.8. The first kappa shape index (κ1) is 15.5. The molecule has 19 heavy (non-hydrogen) atoms. The molecule has 0 aliphatic carbocycles. The van der Waals surface area contributed by atoms with Gasteiger partial charge in [0.2, 0.25) is 0 Å². The van der Waals surface area contributed by atoms with Gasteiger partial charge >= 0.3 is 5.97 Å². The number of aliphatic hydroxyl groups excluding tert-OH is 2. The highest BCUT2D eigenvalue weighted by molar-refractivity contribution is 8.13.